The molecule has 0 atom stereocenters. The third kappa shape index (κ3) is 3.56. The minimum atomic E-state index is -0.0863. The van der Waals surface area contributed by atoms with E-state index in [2.05, 4.69) is 133 Å². The van der Waals surface area contributed by atoms with Crippen molar-refractivity contribution in [1.29, 1.82) is 0 Å². The van der Waals surface area contributed by atoms with Crippen molar-refractivity contribution in [2.24, 2.45) is 0 Å². The van der Waals surface area contributed by atoms with Gasteiger partial charge in [-0.2, -0.15) is 4.57 Å². The van der Waals surface area contributed by atoms with E-state index in [1.165, 1.54) is 62.8 Å². The predicted octanol–water partition coefficient (Wildman–Crippen LogP) is 7.18. The van der Waals surface area contributed by atoms with Gasteiger partial charge in [0.2, 0.25) is 11.2 Å². The first kappa shape index (κ1) is 21.7. The van der Waals surface area contributed by atoms with Gasteiger partial charge in [0.25, 0.3) is 0 Å². The zero-order valence-corrected chi connectivity index (χ0v) is 20.8. The molecule has 1 aliphatic rings. The van der Waals surface area contributed by atoms with Crippen molar-refractivity contribution in [3.05, 3.63) is 115 Å². The van der Waals surface area contributed by atoms with Crippen LogP contribution in [0.3, 0.4) is 0 Å². The molecule has 2 aromatic heterocycles. The Labute approximate surface area is 208 Å². The summed E-state index contributed by atoms with van der Waals surface area (Å²) in [6.07, 6.45) is 9.23. The number of unbranched alkanes of at least 4 members (excludes halogenated alkanes) is 1. The molecule has 3 aromatic carbocycles. The smallest absolute Gasteiger partial charge is 0.205 e. The molecule has 6 rings (SSSR count). The number of rotatable bonds is 5. The lowest BCUT2D eigenvalue weighted by Gasteiger charge is -2.21. The average Bonchev–Trinajstić information content (AvgIpc) is 3.14. The highest BCUT2D eigenvalue weighted by atomic mass is 15.0. The number of fused-ring (bicyclic) bond motifs is 5. The second kappa shape index (κ2) is 8.46. The Hall–Kier alpha value is -3.78. The van der Waals surface area contributed by atoms with Crippen LogP contribution in [0.5, 0.6) is 0 Å². The lowest BCUT2D eigenvalue weighted by atomic mass is 9.82. The molecule has 2 heteroatoms. The van der Waals surface area contributed by atoms with Crippen LogP contribution >= 0.6 is 0 Å². The molecule has 0 saturated carbocycles. The van der Waals surface area contributed by atoms with Gasteiger partial charge in [-0.05, 0) is 34.4 Å². The van der Waals surface area contributed by atoms with Gasteiger partial charge in [0.05, 0.1) is 5.39 Å². The number of nitrogens with zero attached hydrogens (tertiary/aromatic N) is 2. The molecule has 0 bridgehead atoms. The third-order valence-corrected chi connectivity index (χ3v) is 7.62. The van der Waals surface area contributed by atoms with Crippen molar-refractivity contribution in [2.45, 2.75) is 45.6 Å². The number of aromatic nitrogens is 2. The van der Waals surface area contributed by atoms with Crippen molar-refractivity contribution in [3.63, 3.8) is 0 Å². The van der Waals surface area contributed by atoms with E-state index in [4.69, 9.17) is 0 Å². The molecule has 0 unspecified atom stereocenters. The van der Waals surface area contributed by atoms with E-state index in [1.54, 1.807) is 0 Å². The largest absolute Gasteiger partial charge is 0.219 e. The summed E-state index contributed by atoms with van der Waals surface area (Å²) >= 11 is 0. The lowest BCUT2D eigenvalue weighted by Crippen LogP contribution is -2.33. The summed E-state index contributed by atoms with van der Waals surface area (Å²) in [5.41, 5.74) is 10.4. The van der Waals surface area contributed by atoms with Crippen LogP contribution in [0.1, 0.15) is 44.7 Å². The molecule has 0 saturated heterocycles. The fourth-order valence-electron chi connectivity index (χ4n) is 5.61. The van der Waals surface area contributed by atoms with Gasteiger partial charge in [-0.15, -0.1) is 0 Å². The second-order valence-electron chi connectivity index (χ2n) is 10.2. The highest BCUT2D eigenvalue weighted by molar-refractivity contribution is 5.99. The number of pyridine rings is 2. The maximum Gasteiger partial charge on any atom is 0.219 e. The summed E-state index contributed by atoms with van der Waals surface area (Å²) in [5, 5.41) is 1.31. The molecule has 2 heterocycles. The van der Waals surface area contributed by atoms with Crippen molar-refractivity contribution in [2.75, 3.05) is 0 Å². The number of hydrogen-bond acceptors (Lipinski definition) is 0. The van der Waals surface area contributed by atoms with Crippen molar-refractivity contribution < 1.29 is 9.13 Å². The van der Waals surface area contributed by atoms with Crippen LogP contribution in [0.2, 0.25) is 0 Å². The van der Waals surface area contributed by atoms with Gasteiger partial charge in [-0.25, -0.2) is 4.57 Å². The SMILES string of the molecule is CCCC[n+]1ccc(-c2ccc3c(c2)C(C)(C)c2c[n+](-c4ccccc4)c4ccccc4c2-3)cc1. The molecule has 0 fully saturated rings. The Bertz CT molecular complexity index is 1530. The standard InChI is InChI=1S/C33H32N2/c1-4-5-19-34-20-17-24(18-21-34)25-15-16-27-29(22-25)33(2,3)30-23-35(26-11-7-6-8-12-26)31-14-10-9-13-28(31)32(27)30/h6-18,20-23H,4-5,19H2,1-3H3/q+2. The Morgan fingerprint density at radius 3 is 2.26 bits per heavy atom. The zero-order chi connectivity index (χ0) is 24.0. The maximum absolute atomic E-state index is 2.42. The topological polar surface area (TPSA) is 7.76 Å². The van der Waals surface area contributed by atoms with Gasteiger partial charge < -0.3 is 0 Å². The lowest BCUT2D eigenvalue weighted by molar-refractivity contribution is -0.697. The first-order valence-electron chi connectivity index (χ1n) is 12.8. The van der Waals surface area contributed by atoms with Gasteiger partial charge in [0, 0.05) is 53.3 Å². The summed E-state index contributed by atoms with van der Waals surface area (Å²) in [4.78, 5) is 0. The first-order valence-corrected chi connectivity index (χ1v) is 12.8. The summed E-state index contributed by atoms with van der Waals surface area (Å²) in [6.45, 7) is 8.06. The van der Waals surface area contributed by atoms with Crippen LogP contribution in [-0.2, 0) is 12.0 Å². The van der Waals surface area contributed by atoms with Crippen LogP contribution in [0.25, 0.3) is 38.8 Å². The van der Waals surface area contributed by atoms with E-state index in [1.807, 2.05) is 0 Å². The molecule has 2 nitrogen and oxygen atoms in total. The van der Waals surface area contributed by atoms with Crippen molar-refractivity contribution in [1.82, 2.24) is 0 Å². The van der Waals surface area contributed by atoms with Crippen LogP contribution in [0.4, 0.5) is 0 Å². The highest BCUT2D eigenvalue weighted by Gasteiger charge is 2.40. The quantitative estimate of drug-likeness (QED) is 0.248. The minimum absolute atomic E-state index is 0.0863. The number of benzene rings is 3. The molecule has 172 valence electrons. The van der Waals surface area contributed by atoms with Gasteiger partial charge in [0.1, 0.15) is 6.54 Å². The number of hydrogen-bond donors (Lipinski definition) is 0. The first-order chi connectivity index (χ1) is 17.1. The minimum Gasteiger partial charge on any atom is -0.205 e. The van der Waals surface area contributed by atoms with E-state index in [0.29, 0.717) is 0 Å². The highest BCUT2D eigenvalue weighted by Crippen LogP contribution is 2.51. The Morgan fingerprint density at radius 2 is 1.49 bits per heavy atom. The molecule has 5 aromatic rings. The Kier molecular flexibility index (Phi) is 5.25. The van der Waals surface area contributed by atoms with Crippen LogP contribution in [0, 0.1) is 0 Å². The van der Waals surface area contributed by atoms with Crippen LogP contribution < -0.4 is 9.13 Å². The molecule has 0 amide bonds. The molecular weight excluding hydrogens is 424 g/mol. The maximum atomic E-state index is 2.42. The predicted molar refractivity (Wildman–Crippen MR) is 144 cm³/mol. The molecule has 0 N–H and O–H groups in total. The van der Waals surface area contributed by atoms with Crippen LogP contribution in [-0.4, -0.2) is 0 Å². The summed E-state index contributed by atoms with van der Waals surface area (Å²) in [7, 11) is 0. The normalized spacial score (nSPS) is 13.6. The fraction of sp³-hybridized carbons (Fsp3) is 0.212. The number of para-hydroxylation sites is 2. The summed E-state index contributed by atoms with van der Waals surface area (Å²) in [5.74, 6) is 0. The zero-order valence-electron chi connectivity index (χ0n) is 20.8. The van der Waals surface area contributed by atoms with E-state index in [0.717, 1.165) is 6.54 Å². The molecule has 35 heavy (non-hydrogen) atoms. The Morgan fingerprint density at radius 1 is 0.743 bits per heavy atom. The van der Waals surface area contributed by atoms with E-state index >= 15 is 0 Å². The Balaban J connectivity index is 1.50. The van der Waals surface area contributed by atoms with Crippen LogP contribution in [0.15, 0.2) is 104 Å². The third-order valence-electron chi connectivity index (χ3n) is 7.62. The molecule has 0 radical (unpaired) electrons. The molecule has 1 aliphatic carbocycles. The van der Waals surface area contributed by atoms with Gasteiger partial charge in [-0.1, -0.05) is 69.7 Å². The summed E-state index contributed by atoms with van der Waals surface area (Å²) < 4.78 is 4.64. The average molecular weight is 457 g/mol. The fourth-order valence-corrected chi connectivity index (χ4v) is 5.61. The van der Waals surface area contributed by atoms with Gasteiger partial charge >= 0.3 is 0 Å². The van der Waals surface area contributed by atoms with Gasteiger partial charge in [0.15, 0.2) is 18.6 Å². The monoisotopic (exact) mass is 456 g/mol. The summed E-state index contributed by atoms with van der Waals surface area (Å²) in [6, 6.07) is 31.1. The van der Waals surface area contributed by atoms with E-state index < -0.39 is 0 Å². The second-order valence-corrected chi connectivity index (χ2v) is 10.2. The van der Waals surface area contributed by atoms with Crippen molar-refractivity contribution >= 4 is 10.9 Å². The van der Waals surface area contributed by atoms with E-state index in [9.17, 15) is 0 Å². The molecular formula is C33H32N2+2. The molecule has 0 spiro atoms. The van der Waals surface area contributed by atoms with Gasteiger partial charge in [-0.3, -0.25) is 0 Å². The van der Waals surface area contributed by atoms with E-state index in [-0.39, 0.29) is 5.41 Å². The molecule has 0 aliphatic heterocycles. The van der Waals surface area contributed by atoms with Crippen molar-refractivity contribution in [3.8, 4) is 27.9 Å². The number of aryl methyl sites for hydroxylation is 1.